The Hall–Kier alpha value is -0.980. The molecule has 0 spiro atoms. The lowest BCUT2D eigenvalue weighted by Crippen LogP contribution is -2.44. The molecule has 1 aromatic rings. The molecule has 1 fully saturated rings. The van der Waals surface area contributed by atoms with Crippen molar-refractivity contribution in [2.75, 3.05) is 39.9 Å². The summed E-state index contributed by atoms with van der Waals surface area (Å²) in [5, 5.41) is 7.37. The van der Waals surface area contributed by atoms with Crippen LogP contribution >= 0.6 is 0 Å². The molecule has 0 aliphatic carbocycles. The van der Waals surface area contributed by atoms with Crippen LogP contribution in [0.5, 0.6) is 0 Å². The summed E-state index contributed by atoms with van der Waals surface area (Å²) in [6.45, 7) is 6.85. The van der Waals surface area contributed by atoms with E-state index in [1.165, 1.54) is 0 Å². The Bertz CT molecular complexity index is 336. The Labute approximate surface area is 101 Å². The van der Waals surface area contributed by atoms with E-state index in [0.717, 1.165) is 32.0 Å². The summed E-state index contributed by atoms with van der Waals surface area (Å²) in [6, 6.07) is 0.220. The molecule has 1 unspecified atom stereocenters. The minimum Gasteiger partial charge on any atom is -0.384 e. The lowest BCUT2D eigenvalue weighted by molar-refractivity contribution is 0.176. The zero-order valence-electron chi connectivity index (χ0n) is 10.5. The fourth-order valence-electron chi connectivity index (χ4n) is 1.96. The third kappa shape index (κ3) is 3.24. The summed E-state index contributed by atoms with van der Waals surface area (Å²) >= 11 is 0. The molecule has 1 aliphatic rings. The number of hydrogen-bond donors (Lipinski definition) is 1. The molecule has 2 heterocycles. The van der Waals surface area contributed by atoms with Gasteiger partial charge in [0, 0.05) is 33.3 Å². The van der Waals surface area contributed by atoms with Crippen molar-refractivity contribution in [2.45, 2.75) is 19.4 Å². The van der Waals surface area contributed by atoms with Crippen LogP contribution in [0.1, 0.15) is 24.7 Å². The largest absolute Gasteiger partial charge is 0.384 e. The zero-order chi connectivity index (χ0) is 12.1. The molecule has 0 saturated carbocycles. The first-order valence-electron chi connectivity index (χ1n) is 6.07. The highest BCUT2D eigenvalue weighted by atomic mass is 16.5. The predicted molar refractivity (Wildman–Crippen MR) is 62.7 cm³/mol. The van der Waals surface area contributed by atoms with E-state index >= 15 is 0 Å². The number of nitrogens with zero attached hydrogens (tertiary/aromatic N) is 3. The van der Waals surface area contributed by atoms with E-state index in [9.17, 15) is 0 Å². The van der Waals surface area contributed by atoms with Gasteiger partial charge < -0.3 is 14.6 Å². The van der Waals surface area contributed by atoms with Gasteiger partial charge >= 0.3 is 0 Å². The summed E-state index contributed by atoms with van der Waals surface area (Å²) in [5.74, 6) is 1.43. The van der Waals surface area contributed by atoms with Gasteiger partial charge in [-0.3, -0.25) is 4.90 Å². The first-order chi connectivity index (χ1) is 8.31. The molecule has 2 rings (SSSR count). The third-order valence-electron chi connectivity index (χ3n) is 3.08. The molecule has 0 aromatic carbocycles. The molecule has 0 amide bonds. The highest BCUT2D eigenvalue weighted by molar-refractivity contribution is 4.94. The van der Waals surface area contributed by atoms with Gasteiger partial charge in [0.05, 0.1) is 19.1 Å². The van der Waals surface area contributed by atoms with Crippen LogP contribution in [0.3, 0.4) is 0 Å². The maximum absolute atomic E-state index is 5.20. The van der Waals surface area contributed by atoms with Gasteiger partial charge in [-0.15, -0.1) is 0 Å². The minimum atomic E-state index is 0.220. The first-order valence-corrected chi connectivity index (χ1v) is 6.07. The van der Waals surface area contributed by atoms with E-state index in [1.54, 1.807) is 7.11 Å². The smallest absolute Gasteiger partial charge is 0.229 e. The van der Waals surface area contributed by atoms with Crippen molar-refractivity contribution in [1.82, 2.24) is 20.4 Å². The summed E-state index contributed by atoms with van der Waals surface area (Å²) < 4.78 is 10.2. The van der Waals surface area contributed by atoms with Crippen molar-refractivity contribution in [1.29, 1.82) is 0 Å². The molecule has 6 heteroatoms. The molecule has 96 valence electrons. The molecule has 1 aromatic heterocycles. The van der Waals surface area contributed by atoms with Crippen molar-refractivity contribution in [3.05, 3.63) is 11.7 Å². The second-order valence-corrected chi connectivity index (χ2v) is 4.25. The normalized spacial score (nSPS) is 19.4. The lowest BCUT2D eigenvalue weighted by Gasteiger charge is -2.30. The van der Waals surface area contributed by atoms with Gasteiger partial charge in [-0.25, -0.2) is 0 Å². The van der Waals surface area contributed by atoms with E-state index in [2.05, 4.69) is 27.3 Å². The van der Waals surface area contributed by atoms with Gasteiger partial charge in [0.15, 0.2) is 5.82 Å². The molecule has 0 bridgehead atoms. The van der Waals surface area contributed by atoms with Gasteiger partial charge in [-0.1, -0.05) is 5.16 Å². The zero-order valence-corrected chi connectivity index (χ0v) is 10.5. The Balaban J connectivity index is 1.93. The molecule has 1 aliphatic heterocycles. The number of nitrogens with one attached hydrogen (secondary N) is 1. The molecule has 1 atom stereocenters. The van der Waals surface area contributed by atoms with E-state index < -0.39 is 0 Å². The van der Waals surface area contributed by atoms with Gasteiger partial charge in [0.1, 0.15) is 0 Å². The van der Waals surface area contributed by atoms with Crippen LogP contribution in [0, 0.1) is 0 Å². The number of methoxy groups -OCH3 is 1. The fraction of sp³-hybridized carbons (Fsp3) is 0.818. The van der Waals surface area contributed by atoms with Crippen molar-refractivity contribution in [2.24, 2.45) is 0 Å². The van der Waals surface area contributed by atoms with Crippen molar-refractivity contribution in [3.8, 4) is 0 Å². The second-order valence-electron chi connectivity index (χ2n) is 4.25. The van der Waals surface area contributed by atoms with E-state index in [1.807, 2.05) is 0 Å². The summed E-state index contributed by atoms with van der Waals surface area (Å²) in [7, 11) is 1.67. The van der Waals surface area contributed by atoms with Crippen LogP contribution in [-0.4, -0.2) is 54.9 Å². The minimum absolute atomic E-state index is 0.220. The van der Waals surface area contributed by atoms with Gasteiger partial charge in [-0.2, -0.15) is 4.98 Å². The van der Waals surface area contributed by atoms with Crippen molar-refractivity contribution >= 4 is 0 Å². The number of ether oxygens (including phenoxy) is 1. The van der Waals surface area contributed by atoms with Gasteiger partial charge in [0.2, 0.25) is 5.89 Å². The highest BCUT2D eigenvalue weighted by Crippen LogP contribution is 2.17. The van der Waals surface area contributed by atoms with Crippen molar-refractivity contribution in [3.63, 3.8) is 0 Å². The molecule has 1 saturated heterocycles. The van der Waals surface area contributed by atoms with Crippen LogP contribution in [0.2, 0.25) is 0 Å². The topological polar surface area (TPSA) is 63.4 Å². The Morgan fingerprint density at radius 1 is 1.47 bits per heavy atom. The SMILES string of the molecule is COCCc1nc(C(C)N2CCNCC2)no1. The average Bonchev–Trinajstić information content (AvgIpc) is 2.85. The molecule has 17 heavy (non-hydrogen) atoms. The summed E-state index contributed by atoms with van der Waals surface area (Å²) in [5.41, 5.74) is 0. The molecule has 0 radical (unpaired) electrons. The number of hydrogen-bond acceptors (Lipinski definition) is 6. The number of aromatic nitrogens is 2. The summed E-state index contributed by atoms with van der Waals surface area (Å²) in [6.07, 6.45) is 0.678. The number of rotatable bonds is 5. The molecule has 6 nitrogen and oxygen atoms in total. The summed E-state index contributed by atoms with van der Waals surface area (Å²) in [4.78, 5) is 6.77. The Morgan fingerprint density at radius 3 is 2.94 bits per heavy atom. The van der Waals surface area contributed by atoms with Gasteiger partial charge in [-0.05, 0) is 6.92 Å². The monoisotopic (exact) mass is 240 g/mol. The molecular weight excluding hydrogens is 220 g/mol. The van der Waals surface area contributed by atoms with Crippen molar-refractivity contribution < 1.29 is 9.26 Å². The Morgan fingerprint density at radius 2 is 2.24 bits per heavy atom. The first kappa shape index (κ1) is 12.5. The third-order valence-corrected chi connectivity index (χ3v) is 3.08. The van der Waals surface area contributed by atoms with E-state index in [-0.39, 0.29) is 6.04 Å². The highest BCUT2D eigenvalue weighted by Gasteiger charge is 2.22. The maximum Gasteiger partial charge on any atom is 0.229 e. The number of piperazine rings is 1. The molecule has 1 N–H and O–H groups in total. The fourth-order valence-corrected chi connectivity index (χ4v) is 1.96. The second kappa shape index (κ2) is 6.09. The van der Waals surface area contributed by atoms with E-state index in [4.69, 9.17) is 9.26 Å². The van der Waals surface area contributed by atoms with Crippen LogP contribution in [0.15, 0.2) is 4.52 Å². The van der Waals surface area contributed by atoms with Crippen LogP contribution in [0.25, 0.3) is 0 Å². The quantitative estimate of drug-likeness (QED) is 0.794. The predicted octanol–water partition coefficient (Wildman–Crippen LogP) is 0.225. The van der Waals surface area contributed by atoms with Crippen LogP contribution in [0.4, 0.5) is 0 Å². The van der Waals surface area contributed by atoms with Crippen LogP contribution in [-0.2, 0) is 11.2 Å². The van der Waals surface area contributed by atoms with Crippen LogP contribution < -0.4 is 5.32 Å². The van der Waals surface area contributed by atoms with Gasteiger partial charge in [0.25, 0.3) is 0 Å². The average molecular weight is 240 g/mol. The van der Waals surface area contributed by atoms with E-state index in [0.29, 0.717) is 18.9 Å². The lowest BCUT2D eigenvalue weighted by atomic mass is 10.2. The Kier molecular flexibility index (Phi) is 4.47. The standard InChI is InChI=1S/C11H20N4O2/c1-9(15-6-4-12-5-7-15)11-13-10(17-14-11)3-8-16-2/h9,12H,3-8H2,1-2H3. The molecular formula is C11H20N4O2. The maximum atomic E-state index is 5.20.